The van der Waals surface area contributed by atoms with Crippen molar-refractivity contribution in [2.75, 3.05) is 0 Å². The van der Waals surface area contributed by atoms with E-state index in [4.69, 9.17) is 16.7 Å². The van der Waals surface area contributed by atoms with Crippen molar-refractivity contribution in [1.82, 2.24) is 9.97 Å². The number of rotatable bonds is 3. The highest BCUT2D eigenvalue weighted by atomic mass is 35.5. The number of benzene rings is 1. The fourth-order valence-electron chi connectivity index (χ4n) is 1.64. The summed E-state index contributed by atoms with van der Waals surface area (Å²) in [5.41, 5.74) is 2.07. The van der Waals surface area contributed by atoms with Crippen molar-refractivity contribution in [1.29, 1.82) is 0 Å². The van der Waals surface area contributed by atoms with Crippen LogP contribution in [0, 0.1) is 6.92 Å². The van der Waals surface area contributed by atoms with Gasteiger partial charge < -0.3 is 5.11 Å². The minimum absolute atomic E-state index is 0.0990. The van der Waals surface area contributed by atoms with Gasteiger partial charge in [0.2, 0.25) is 0 Å². The number of carboxylic acid groups (broad SMARTS) is 1. The standard InChI is InChI=1S/C13H11ClN2O2/c1-8-15-7-10(6-12(17)18)13(16-8)9-2-4-11(14)5-3-9/h2-5,7H,6H2,1H3,(H,17,18). The largest absolute Gasteiger partial charge is 0.481 e. The van der Waals surface area contributed by atoms with Gasteiger partial charge in [-0.15, -0.1) is 0 Å². The highest BCUT2D eigenvalue weighted by Crippen LogP contribution is 2.23. The summed E-state index contributed by atoms with van der Waals surface area (Å²) in [5, 5.41) is 9.50. The van der Waals surface area contributed by atoms with Crippen LogP contribution in [0.3, 0.4) is 0 Å². The third-order valence-corrected chi connectivity index (χ3v) is 2.70. The second kappa shape index (κ2) is 5.14. The van der Waals surface area contributed by atoms with Crippen molar-refractivity contribution in [2.24, 2.45) is 0 Å². The van der Waals surface area contributed by atoms with Crippen molar-refractivity contribution in [2.45, 2.75) is 13.3 Å². The number of aryl methyl sites for hydroxylation is 1. The summed E-state index contributed by atoms with van der Waals surface area (Å²) in [6, 6.07) is 7.13. The Morgan fingerprint density at radius 1 is 1.33 bits per heavy atom. The molecule has 0 unspecified atom stereocenters. The van der Waals surface area contributed by atoms with Crippen molar-refractivity contribution in [3.63, 3.8) is 0 Å². The molecular formula is C13H11ClN2O2. The molecule has 0 aliphatic heterocycles. The van der Waals surface area contributed by atoms with E-state index in [-0.39, 0.29) is 6.42 Å². The molecule has 0 fully saturated rings. The molecule has 1 aromatic heterocycles. The lowest BCUT2D eigenvalue weighted by Gasteiger charge is -2.07. The van der Waals surface area contributed by atoms with Crippen LogP contribution in [0.15, 0.2) is 30.5 Å². The number of halogens is 1. The molecule has 0 saturated heterocycles. The molecule has 2 rings (SSSR count). The molecule has 92 valence electrons. The smallest absolute Gasteiger partial charge is 0.307 e. The van der Waals surface area contributed by atoms with Crippen molar-refractivity contribution < 1.29 is 9.90 Å². The highest BCUT2D eigenvalue weighted by Gasteiger charge is 2.11. The van der Waals surface area contributed by atoms with Crippen molar-refractivity contribution in [3.05, 3.63) is 46.9 Å². The van der Waals surface area contributed by atoms with Crippen LogP contribution in [0.25, 0.3) is 11.3 Å². The van der Waals surface area contributed by atoms with Gasteiger partial charge in [0, 0.05) is 22.3 Å². The number of nitrogens with zero attached hydrogens (tertiary/aromatic N) is 2. The maximum atomic E-state index is 10.8. The number of hydrogen-bond donors (Lipinski definition) is 1. The van der Waals surface area contributed by atoms with Gasteiger partial charge >= 0.3 is 5.97 Å². The molecule has 1 heterocycles. The predicted molar refractivity (Wildman–Crippen MR) is 68.6 cm³/mol. The third kappa shape index (κ3) is 2.84. The molecule has 0 saturated carbocycles. The predicted octanol–water partition coefficient (Wildman–Crippen LogP) is 2.73. The van der Waals surface area contributed by atoms with Crippen LogP contribution in [-0.4, -0.2) is 21.0 Å². The number of aromatic nitrogens is 2. The summed E-state index contributed by atoms with van der Waals surface area (Å²) in [6.45, 7) is 1.77. The molecule has 0 atom stereocenters. The molecule has 0 radical (unpaired) electrons. The molecule has 18 heavy (non-hydrogen) atoms. The zero-order chi connectivity index (χ0) is 13.1. The van der Waals surface area contributed by atoms with Gasteiger partial charge in [-0.05, 0) is 19.1 Å². The first kappa shape index (κ1) is 12.5. The Morgan fingerprint density at radius 3 is 2.61 bits per heavy atom. The first-order valence-electron chi connectivity index (χ1n) is 5.36. The first-order valence-corrected chi connectivity index (χ1v) is 5.74. The number of hydrogen-bond acceptors (Lipinski definition) is 3. The van der Waals surface area contributed by atoms with E-state index < -0.39 is 5.97 Å². The van der Waals surface area contributed by atoms with Crippen LogP contribution in [0.5, 0.6) is 0 Å². The van der Waals surface area contributed by atoms with Crippen LogP contribution in [0.2, 0.25) is 5.02 Å². The molecule has 5 heteroatoms. The quantitative estimate of drug-likeness (QED) is 0.924. The summed E-state index contributed by atoms with van der Waals surface area (Å²) < 4.78 is 0. The van der Waals surface area contributed by atoms with Crippen LogP contribution in [0.4, 0.5) is 0 Å². The molecule has 1 N–H and O–H groups in total. The maximum absolute atomic E-state index is 10.8. The number of aliphatic carboxylic acids is 1. The van der Waals surface area contributed by atoms with E-state index >= 15 is 0 Å². The molecule has 0 amide bonds. The topological polar surface area (TPSA) is 63.1 Å². The minimum Gasteiger partial charge on any atom is -0.481 e. The van der Waals surface area contributed by atoms with E-state index in [1.54, 1.807) is 25.3 Å². The van der Waals surface area contributed by atoms with E-state index in [1.165, 1.54) is 0 Å². The van der Waals surface area contributed by atoms with Crippen molar-refractivity contribution in [3.8, 4) is 11.3 Å². The lowest BCUT2D eigenvalue weighted by molar-refractivity contribution is -0.136. The monoisotopic (exact) mass is 262 g/mol. The molecule has 0 aliphatic carbocycles. The normalized spacial score (nSPS) is 10.3. The van der Waals surface area contributed by atoms with Gasteiger partial charge in [0.1, 0.15) is 5.82 Å². The van der Waals surface area contributed by atoms with Gasteiger partial charge in [0.05, 0.1) is 12.1 Å². The zero-order valence-corrected chi connectivity index (χ0v) is 10.5. The molecule has 0 bridgehead atoms. The van der Waals surface area contributed by atoms with Crippen LogP contribution >= 0.6 is 11.6 Å². The average Bonchev–Trinajstić information content (AvgIpc) is 2.32. The lowest BCUT2D eigenvalue weighted by atomic mass is 10.1. The fourth-order valence-corrected chi connectivity index (χ4v) is 1.77. The molecule has 4 nitrogen and oxygen atoms in total. The van der Waals surface area contributed by atoms with E-state index in [1.807, 2.05) is 12.1 Å². The van der Waals surface area contributed by atoms with E-state index in [2.05, 4.69) is 9.97 Å². The van der Waals surface area contributed by atoms with Gasteiger partial charge in [-0.3, -0.25) is 4.79 Å². The van der Waals surface area contributed by atoms with E-state index in [9.17, 15) is 4.79 Å². The number of carboxylic acids is 1. The Labute approximate surface area is 109 Å². The Balaban J connectivity index is 2.50. The van der Waals surface area contributed by atoms with Crippen LogP contribution < -0.4 is 0 Å². The maximum Gasteiger partial charge on any atom is 0.307 e. The number of carbonyl (C=O) groups is 1. The third-order valence-electron chi connectivity index (χ3n) is 2.44. The summed E-state index contributed by atoms with van der Waals surface area (Å²) in [6.07, 6.45) is 1.46. The SMILES string of the molecule is Cc1ncc(CC(=O)O)c(-c2ccc(Cl)cc2)n1. The Morgan fingerprint density at radius 2 is 2.00 bits per heavy atom. The molecule has 2 aromatic rings. The second-order valence-electron chi connectivity index (χ2n) is 3.87. The van der Waals surface area contributed by atoms with Gasteiger partial charge in [0.15, 0.2) is 0 Å². The fraction of sp³-hybridized carbons (Fsp3) is 0.154. The van der Waals surface area contributed by atoms with E-state index in [0.717, 1.165) is 5.56 Å². The summed E-state index contributed by atoms with van der Waals surface area (Å²) in [5.74, 6) is -0.299. The molecular weight excluding hydrogens is 252 g/mol. The molecule has 1 aromatic carbocycles. The lowest BCUT2D eigenvalue weighted by Crippen LogP contribution is -2.05. The Hall–Kier alpha value is -1.94. The van der Waals surface area contributed by atoms with Crippen LogP contribution in [0.1, 0.15) is 11.4 Å². The minimum atomic E-state index is -0.905. The van der Waals surface area contributed by atoms with Crippen LogP contribution in [-0.2, 0) is 11.2 Å². The van der Waals surface area contributed by atoms with Gasteiger partial charge in [-0.25, -0.2) is 9.97 Å². The molecule has 0 aliphatic rings. The highest BCUT2D eigenvalue weighted by molar-refractivity contribution is 6.30. The van der Waals surface area contributed by atoms with Gasteiger partial charge in [-0.2, -0.15) is 0 Å². The zero-order valence-electron chi connectivity index (χ0n) is 9.72. The summed E-state index contributed by atoms with van der Waals surface area (Å²) >= 11 is 5.83. The Bertz CT molecular complexity index is 582. The van der Waals surface area contributed by atoms with Gasteiger partial charge in [0.25, 0.3) is 0 Å². The van der Waals surface area contributed by atoms with E-state index in [0.29, 0.717) is 22.1 Å². The first-order chi connectivity index (χ1) is 8.56. The van der Waals surface area contributed by atoms with Crippen molar-refractivity contribution >= 4 is 17.6 Å². The van der Waals surface area contributed by atoms with Gasteiger partial charge in [-0.1, -0.05) is 23.7 Å². The summed E-state index contributed by atoms with van der Waals surface area (Å²) in [4.78, 5) is 19.2. The Kier molecular flexibility index (Phi) is 3.58. The second-order valence-corrected chi connectivity index (χ2v) is 4.30. The average molecular weight is 263 g/mol. The molecule has 0 spiro atoms. The summed E-state index contributed by atoms with van der Waals surface area (Å²) in [7, 11) is 0.